The molecule has 0 atom stereocenters. The van der Waals surface area contributed by atoms with Crippen molar-refractivity contribution >= 4 is 5.69 Å². The fraction of sp³-hybridized carbons (Fsp3) is 0.375. The molecule has 0 amide bonds. The molecule has 0 radical (unpaired) electrons. The summed E-state index contributed by atoms with van der Waals surface area (Å²) < 4.78 is 62.0. The molecule has 0 fully saturated rings. The lowest BCUT2D eigenvalue weighted by Crippen LogP contribution is -2.16. The second-order valence-corrected chi connectivity index (χ2v) is 2.91. The largest absolute Gasteiger partial charge is 0.433 e. The molecule has 0 saturated heterocycles. The highest BCUT2D eigenvalue weighted by Gasteiger charge is 2.37. The fourth-order valence-electron chi connectivity index (χ4n) is 1.25. The van der Waals surface area contributed by atoms with Crippen LogP contribution in [-0.2, 0) is 12.8 Å². The third kappa shape index (κ3) is 2.21. The molecular formula is C8H7F5N2O. The first-order valence-corrected chi connectivity index (χ1v) is 4.02. The highest BCUT2D eigenvalue weighted by atomic mass is 19.4. The molecule has 0 aliphatic heterocycles. The lowest BCUT2D eigenvalue weighted by molar-refractivity contribution is -0.142. The van der Waals surface area contributed by atoms with Gasteiger partial charge in [-0.15, -0.1) is 0 Å². The number of aromatic nitrogens is 1. The summed E-state index contributed by atoms with van der Waals surface area (Å²) in [7, 11) is 0. The second-order valence-electron chi connectivity index (χ2n) is 2.91. The Kier molecular flexibility index (Phi) is 3.32. The molecule has 3 nitrogen and oxygen atoms in total. The van der Waals surface area contributed by atoms with Gasteiger partial charge in [-0.1, -0.05) is 0 Å². The molecule has 1 aromatic rings. The van der Waals surface area contributed by atoms with Crippen LogP contribution < -0.4 is 5.73 Å². The summed E-state index contributed by atoms with van der Waals surface area (Å²) in [5, 5.41) is 8.71. The minimum Gasteiger partial charge on any atom is -0.397 e. The topological polar surface area (TPSA) is 59.1 Å². The van der Waals surface area contributed by atoms with Gasteiger partial charge in [-0.05, 0) is 0 Å². The summed E-state index contributed by atoms with van der Waals surface area (Å²) >= 11 is 0. The molecule has 0 spiro atoms. The van der Waals surface area contributed by atoms with E-state index in [1.54, 1.807) is 0 Å². The number of hydrogen-bond acceptors (Lipinski definition) is 3. The first-order valence-electron chi connectivity index (χ1n) is 4.02. The number of rotatable bonds is 2. The smallest absolute Gasteiger partial charge is 0.397 e. The molecule has 8 heteroatoms. The first kappa shape index (κ1) is 12.6. The molecule has 1 rings (SSSR count). The van der Waals surface area contributed by atoms with Crippen LogP contribution in [0.15, 0.2) is 6.20 Å². The van der Waals surface area contributed by atoms with E-state index in [2.05, 4.69) is 4.98 Å². The monoisotopic (exact) mass is 242 g/mol. The summed E-state index contributed by atoms with van der Waals surface area (Å²) in [6.07, 6.45) is -7.61. The van der Waals surface area contributed by atoms with Crippen LogP contribution in [0.4, 0.5) is 27.6 Å². The van der Waals surface area contributed by atoms with Crippen molar-refractivity contribution in [2.24, 2.45) is 0 Å². The van der Waals surface area contributed by atoms with Crippen molar-refractivity contribution in [3.8, 4) is 0 Å². The van der Waals surface area contributed by atoms with Crippen molar-refractivity contribution in [2.75, 3.05) is 5.73 Å². The predicted octanol–water partition coefficient (Wildman–Crippen LogP) is 2.11. The van der Waals surface area contributed by atoms with Gasteiger partial charge < -0.3 is 10.8 Å². The summed E-state index contributed by atoms with van der Waals surface area (Å²) in [4.78, 5) is 2.92. The zero-order valence-electron chi connectivity index (χ0n) is 7.72. The Morgan fingerprint density at radius 2 is 1.94 bits per heavy atom. The van der Waals surface area contributed by atoms with E-state index in [9.17, 15) is 22.0 Å². The minimum atomic E-state index is -4.91. The lowest BCUT2D eigenvalue weighted by atomic mass is 10.1. The van der Waals surface area contributed by atoms with E-state index in [-0.39, 0.29) is 0 Å². The molecule has 1 aromatic heterocycles. The molecule has 0 bridgehead atoms. The Morgan fingerprint density at radius 3 is 2.31 bits per heavy atom. The van der Waals surface area contributed by atoms with E-state index in [0.717, 1.165) is 0 Å². The average Bonchev–Trinajstić information content (AvgIpc) is 2.14. The van der Waals surface area contributed by atoms with Crippen molar-refractivity contribution in [2.45, 2.75) is 19.2 Å². The van der Waals surface area contributed by atoms with Crippen LogP contribution in [0.2, 0.25) is 0 Å². The number of nitrogens with two attached hydrogens (primary N) is 1. The summed E-state index contributed by atoms with van der Waals surface area (Å²) in [5.41, 5.74) is 0.963. The van der Waals surface area contributed by atoms with Gasteiger partial charge in [-0.25, -0.2) is 13.8 Å². The molecular weight excluding hydrogens is 235 g/mol. The van der Waals surface area contributed by atoms with E-state index >= 15 is 0 Å². The van der Waals surface area contributed by atoms with E-state index < -0.39 is 41.7 Å². The molecule has 1 heterocycles. The Labute approximate surface area is 86.7 Å². The third-order valence-corrected chi connectivity index (χ3v) is 1.90. The molecule has 0 aliphatic rings. The van der Waals surface area contributed by atoms with Gasteiger partial charge >= 0.3 is 6.18 Å². The predicted molar refractivity (Wildman–Crippen MR) is 44.5 cm³/mol. The third-order valence-electron chi connectivity index (χ3n) is 1.90. The Hall–Kier alpha value is -1.44. The number of nitrogens with zero attached hydrogens (tertiary/aromatic N) is 1. The highest BCUT2D eigenvalue weighted by Crippen LogP contribution is 2.37. The minimum absolute atomic E-state index is 0.503. The number of aliphatic hydroxyl groups is 1. The Bertz CT molecular complexity index is 391. The van der Waals surface area contributed by atoms with Gasteiger partial charge in [-0.3, -0.25) is 0 Å². The van der Waals surface area contributed by atoms with Crippen LogP contribution in [0.5, 0.6) is 0 Å². The van der Waals surface area contributed by atoms with Gasteiger partial charge in [0.25, 0.3) is 6.43 Å². The van der Waals surface area contributed by atoms with Crippen molar-refractivity contribution in [3.05, 3.63) is 23.0 Å². The molecule has 0 aromatic carbocycles. The maximum Gasteiger partial charge on any atom is 0.433 e. The summed E-state index contributed by atoms with van der Waals surface area (Å²) in [6, 6.07) is 0. The maximum atomic E-state index is 12.5. The molecule has 16 heavy (non-hydrogen) atoms. The maximum absolute atomic E-state index is 12.5. The second kappa shape index (κ2) is 4.20. The Balaban J connectivity index is 3.49. The van der Waals surface area contributed by atoms with E-state index in [0.29, 0.717) is 6.20 Å². The number of pyridine rings is 1. The standard InChI is InChI=1S/C8H7F5N2O/c9-7(10)5-3(2-16)6(8(11,12)13)15-1-4(5)14/h1,7,16H,2,14H2. The van der Waals surface area contributed by atoms with Gasteiger partial charge in [-0.2, -0.15) is 13.2 Å². The zero-order valence-corrected chi connectivity index (χ0v) is 7.72. The van der Waals surface area contributed by atoms with Crippen LogP contribution >= 0.6 is 0 Å². The van der Waals surface area contributed by atoms with Gasteiger partial charge in [0, 0.05) is 11.1 Å². The number of nitrogen functional groups attached to an aromatic ring is 1. The van der Waals surface area contributed by atoms with Crippen molar-refractivity contribution in [3.63, 3.8) is 0 Å². The highest BCUT2D eigenvalue weighted by molar-refractivity contribution is 5.51. The normalized spacial score (nSPS) is 12.2. The fourth-order valence-corrected chi connectivity index (χ4v) is 1.25. The van der Waals surface area contributed by atoms with E-state index in [1.165, 1.54) is 0 Å². The number of alkyl halides is 5. The Morgan fingerprint density at radius 1 is 1.38 bits per heavy atom. The number of halogens is 5. The molecule has 0 unspecified atom stereocenters. The van der Waals surface area contributed by atoms with E-state index in [1.807, 2.05) is 0 Å². The van der Waals surface area contributed by atoms with Crippen LogP contribution in [0.25, 0.3) is 0 Å². The van der Waals surface area contributed by atoms with Gasteiger partial charge in [0.2, 0.25) is 0 Å². The van der Waals surface area contributed by atoms with Crippen molar-refractivity contribution < 1.29 is 27.1 Å². The van der Waals surface area contributed by atoms with Crippen LogP contribution in [0.1, 0.15) is 23.2 Å². The number of anilines is 1. The number of hydrogen-bond donors (Lipinski definition) is 2. The average molecular weight is 242 g/mol. The van der Waals surface area contributed by atoms with Gasteiger partial charge in [0.1, 0.15) is 0 Å². The number of aliphatic hydroxyl groups excluding tert-OH is 1. The van der Waals surface area contributed by atoms with E-state index in [4.69, 9.17) is 10.8 Å². The molecule has 0 aliphatic carbocycles. The van der Waals surface area contributed by atoms with Crippen molar-refractivity contribution in [1.82, 2.24) is 4.98 Å². The zero-order chi connectivity index (χ0) is 12.5. The van der Waals surface area contributed by atoms with Crippen molar-refractivity contribution in [1.29, 1.82) is 0 Å². The van der Waals surface area contributed by atoms with Crippen LogP contribution in [0, 0.1) is 0 Å². The molecule has 90 valence electrons. The lowest BCUT2D eigenvalue weighted by Gasteiger charge is -2.15. The van der Waals surface area contributed by atoms with Gasteiger partial charge in [0.05, 0.1) is 18.5 Å². The molecule has 3 N–H and O–H groups in total. The summed E-state index contributed by atoms with van der Waals surface area (Å²) in [6.45, 7) is -1.20. The SMILES string of the molecule is Nc1cnc(C(F)(F)F)c(CO)c1C(F)F. The first-order chi connectivity index (χ1) is 7.29. The molecule has 0 saturated carbocycles. The summed E-state index contributed by atoms with van der Waals surface area (Å²) in [5.74, 6) is 0. The van der Waals surface area contributed by atoms with Gasteiger partial charge in [0.15, 0.2) is 5.69 Å². The van der Waals surface area contributed by atoms with Crippen LogP contribution in [-0.4, -0.2) is 10.1 Å². The quantitative estimate of drug-likeness (QED) is 0.781. The van der Waals surface area contributed by atoms with Crippen LogP contribution in [0.3, 0.4) is 0 Å².